The van der Waals surface area contributed by atoms with E-state index in [0.717, 1.165) is 30.3 Å². The highest BCUT2D eigenvalue weighted by Crippen LogP contribution is 2.41. The Bertz CT molecular complexity index is 756. The lowest BCUT2D eigenvalue weighted by Crippen LogP contribution is -2.33. The van der Waals surface area contributed by atoms with Gasteiger partial charge in [-0.1, -0.05) is 23.9 Å². The highest BCUT2D eigenvalue weighted by atomic mass is 32.2. The molecule has 0 atom stereocenters. The van der Waals surface area contributed by atoms with E-state index < -0.39 is 17.6 Å². The quantitative estimate of drug-likeness (QED) is 0.621. The summed E-state index contributed by atoms with van der Waals surface area (Å²) in [5.41, 5.74) is -0.726. The number of nitrogens with zero attached hydrogens (tertiary/aromatic N) is 1. The van der Waals surface area contributed by atoms with Gasteiger partial charge in [0, 0.05) is 24.1 Å². The second-order valence-corrected chi connectivity index (χ2v) is 6.40. The summed E-state index contributed by atoms with van der Waals surface area (Å²) in [6, 6.07) is 3.15. The molecule has 4 nitrogen and oxygen atoms in total. The van der Waals surface area contributed by atoms with Gasteiger partial charge in [0.1, 0.15) is 0 Å². The third-order valence-corrected chi connectivity index (χ3v) is 4.72. The van der Waals surface area contributed by atoms with Crippen LogP contribution in [0.2, 0.25) is 0 Å². The lowest BCUT2D eigenvalue weighted by atomic mass is 10.2. The van der Waals surface area contributed by atoms with Crippen molar-refractivity contribution in [2.45, 2.75) is 17.5 Å². The first-order valence-corrected chi connectivity index (χ1v) is 8.02. The molecule has 2 heterocycles. The average Bonchev–Trinajstić information content (AvgIpc) is 2.55. The molecule has 1 aromatic carbocycles. The van der Waals surface area contributed by atoms with Crippen LogP contribution in [0, 0.1) is 0 Å². The summed E-state index contributed by atoms with van der Waals surface area (Å²) in [6.07, 6.45) is 1.38. The molecule has 0 saturated carbocycles. The Labute approximate surface area is 140 Å². The van der Waals surface area contributed by atoms with Gasteiger partial charge >= 0.3 is 6.18 Å². The molecular weight excluding hydrogens is 341 g/mol. The summed E-state index contributed by atoms with van der Waals surface area (Å²) in [6.45, 7) is 1.07. The molecule has 1 N–H and O–H groups in total. The van der Waals surface area contributed by atoms with Gasteiger partial charge in [-0.2, -0.15) is 13.2 Å². The number of thioether (sulfide) groups is 1. The van der Waals surface area contributed by atoms with Gasteiger partial charge in [-0.3, -0.25) is 9.59 Å². The number of amides is 2. The van der Waals surface area contributed by atoms with Crippen molar-refractivity contribution in [1.29, 1.82) is 0 Å². The number of alkyl halides is 3. The molecule has 3 rings (SSSR count). The fraction of sp³-hybridized carbons (Fsp3) is 0.250. The molecule has 0 aromatic heterocycles. The zero-order valence-electron chi connectivity index (χ0n) is 12.4. The molecule has 2 aliphatic heterocycles. The Hall–Kier alpha value is -2.22. The van der Waals surface area contributed by atoms with Crippen molar-refractivity contribution in [3.63, 3.8) is 0 Å². The van der Waals surface area contributed by atoms with Crippen molar-refractivity contribution < 1.29 is 22.8 Å². The number of carbonyl (C=O) groups is 2. The lowest BCUT2D eigenvalue weighted by Gasteiger charge is -2.23. The number of benzene rings is 1. The number of halogens is 3. The van der Waals surface area contributed by atoms with E-state index in [1.807, 2.05) is 12.2 Å². The molecule has 0 bridgehead atoms. The van der Waals surface area contributed by atoms with Crippen LogP contribution in [0.1, 0.15) is 12.0 Å². The van der Waals surface area contributed by atoms with Crippen molar-refractivity contribution >= 4 is 29.3 Å². The first-order valence-electron chi connectivity index (χ1n) is 7.20. The first-order chi connectivity index (χ1) is 11.3. The second kappa shape index (κ2) is 6.35. The molecule has 126 valence electrons. The zero-order chi connectivity index (χ0) is 17.3. The van der Waals surface area contributed by atoms with E-state index >= 15 is 0 Å². The highest BCUT2D eigenvalue weighted by molar-refractivity contribution is 8.04. The van der Waals surface area contributed by atoms with Crippen molar-refractivity contribution in [3.05, 3.63) is 46.9 Å². The van der Waals surface area contributed by atoms with Gasteiger partial charge in [0.2, 0.25) is 5.91 Å². The number of hydrogen-bond donors (Lipinski definition) is 1. The average molecular weight is 354 g/mol. The van der Waals surface area contributed by atoms with Crippen LogP contribution >= 0.6 is 11.8 Å². The number of nitrogens with one attached hydrogen (secondary N) is 1. The van der Waals surface area contributed by atoms with Crippen LogP contribution < -0.4 is 5.32 Å². The highest BCUT2D eigenvalue weighted by Gasteiger charge is 2.32. The van der Waals surface area contributed by atoms with E-state index in [0.29, 0.717) is 18.0 Å². The summed E-state index contributed by atoms with van der Waals surface area (Å²) in [5.74, 6) is -0.861. The molecule has 24 heavy (non-hydrogen) atoms. The van der Waals surface area contributed by atoms with Crippen LogP contribution in [0.25, 0.3) is 0 Å². The van der Waals surface area contributed by atoms with E-state index in [-0.39, 0.29) is 16.5 Å². The zero-order valence-corrected chi connectivity index (χ0v) is 13.2. The molecule has 0 unspecified atom stereocenters. The largest absolute Gasteiger partial charge is 0.416 e. The Balaban J connectivity index is 1.82. The summed E-state index contributed by atoms with van der Waals surface area (Å²) >= 11 is 0.993. The maximum absolute atomic E-state index is 12.7. The monoisotopic (exact) mass is 354 g/mol. The van der Waals surface area contributed by atoms with Crippen molar-refractivity contribution in [3.8, 4) is 0 Å². The number of carbonyl (C=O) groups excluding carboxylic acids is 2. The summed E-state index contributed by atoms with van der Waals surface area (Å²) in [5, 5.41) is 2.42. The van der Waals surface area contributed by atoms with Crippen LogP contribution in [-0.4, -0.2) is 29.8 Å². The molecule has 8 heteroatoms. The van der Waals surface area contributed by atoms with Gasteiger partial charge in [0.05, 0.1) is 16.2 Å². The van der Waals surface area contributed by atoms with Crippen LogP contribution in [0.4, 0.5) is 18.9 Å². The van der Waals surface area contributed by atoms with Crippen LogP contribution in [0.5, 0.6) is 0 Å². The predicted octanol–water partition coefficient (Wildman–Crippen LogP) is 3.42. The van der Waals surface area contributed by atoms with E-state index in [4.69, 9.17) is 0 Å². The third-order valence-electron chi connectivity index (χ3n) is 3.62. The van der Waals surface area contributed by atoms with E-state index in [1.165, 1.54) is 12.1 Å². The van der Waals surface area contributed by atoms with Crippen molar-refractivity contribution in [2.24, 2.45) is 0 Å². The fourth-order valence-corrected chi connectivity index (χ4v) is 3.28. The van der Waals surface area contributed by atoms with Gasteiger partial charge in [0.25, 0.3) is 5.91 Å². The lowest BCUT2D eigenvalue weighted by molar-refractivity contribution is -0.137. The Morgan fingerprint density at radius 1 is 1.29 bits per heavy atom. The van der Waals surface area contributed by atoms with E-state index in [9.17, 15) is 22.8 Å². The second-order valence-electron chi connectivity index (χ2n) is 5.32. The minimum Gasteiger partial charge on any atom is -0.335 e. The number of fused-ring (bicyclic) bond motifs is 1. The van der Waals surface area contributed by atoms with Crippen LogP contribution in [0.3, 0.4) is 0 Å². The van der Waals surface area contributed by atoms with Crippen LogP contribution in [0.15, 0.2) is 46.2 Å². The molecule has 2 amide bonds. The minimum atomic E-state index is -4.47. The number of rotatable bonds is 1. The molecule has 0 saturated heterocycles. The van der Waals surface area contributed by atoms with Gasteiger partial charge in [-0.05, 0) is 24.6 Å². The maximum Gasteiger partial charge on any atom is 0.416 e. The van der Waals surface area contributed by atoms with E-state index in [2.05, 4.69) is 5.32 Å². The van der Waals surface area contributed by atoms with Crippen LogP contribution in [-0.2, 0) is 15.8 Å². The fourth-order valence-electron chi connectivity index (χ4n) is 2.38. The summed E-state index contributed by atoms with van der Waals surface area (Å²) < 4.78 is 38.2. The molecular formula is C16H13F3N2O2S. The van der Waals surface area contributed by atoms with Gasteiger partial charge in [0.15, 0.2) is 0 Å². The SMILES string of the molecule is O=C1Nc2cc(C(F)(F)F)ccc2SC1=CC(=O)N1CC=CCC1. The molecule has 0 aliphatic carbocycles. The van der Waals surface area contributed by atoms with E-state index in [1.54, 1.807) is 4.90 Å². The Kier molecular flexibility index (Phi) is 4.40. The molecule has 1 aromatic rings. The summed E-state index contributed by atoms with van der Waals surface area (Å²) in [4.78, 5) is 26.5. The summed E-state index contributed by atoms with van der Waals surface area (Å²) in [7, 11) is 0. The number of anilines is 1. The molecule has 2 aliphatic rings. The van der Waals surface area contributed by atoms with Gasteiger partial charge < -0.3 is 10.2 Å². The molecule has 0 fully saturated rings. The topological polar surface area (TPSA) is 49.4 Å². The minimum absolute atomic E-state index is 0.102. The normalized spacial score (nSPS) is 19.2. The predicted molar refractivity (Wildman–Crippen MR) is 84.4 cm³/mol. The van der Waals surface area contributed by atoms with Crippen molar-refractivity contribution in [2.75, 3.05) is 18.4 Å². The first kappa shape index (κ1) is 16.6. The third kappa shape index (κ3) is 3.48. The number of hydrogen-bond acceptors (Lipinski definition) is 3. The maximum atomic E-state index is 12.7. The Morgan fingerprint density at radius 2 is 2.08 bits per heavy atom. The van der Waals surface area contributed by atoms with Crippen molar-refractivity contribution in [1.82, 2.24) is 4.90 Å². The standard InChI is InChI=1S/C16H13F3N2O2S/c17-16(18,19)10-4-5-12-11(8-10)20-15(23)13(24-12)9-14(22)21-6-2-1-3-7-21/h1-2,4-5,8-9H,3,6-7H2,(H,20,23). The smallest absolute Gasteiger partial charge is 0.335 e. The Morgan fingerprint density at radius 3 is 2.75 bits per heavy atom. The molecule has 0 radical (unpaired) electrons. The van der Waals surface area contributed by atoms with Gasteiger partial charge in [-0.15, -0.1) is 0 Å². The molecule has 0 spiro atoms. The van der Waals surface area contributed by atoms with Gasteiger partial charge in [-0.25, -0.2) is 0 Å².